The van der Waals surface area contributed by atoms with Gasteiger partial charge in [-0.1, -0.05) is 91.0 Å². The normalized spacial score (nSPS) is 12.3. The zero-order valence-electron chi connectivity index (χ0n) is 15.2. The summed E-state index contributed by atoms with van der Waals surface area (Å²) < 4.78 is 0. The maximum absolute atomic E-state index is 2.36. The van der Waals surface area contributed by atoms with E-state index in [0.29, 0.717) is 0 Å². The van der Waals surface area contributed by atoms with Gasteiger partial charge in [-0.3, -0.25) is 0 Å². The fraction of sp³-hybridized carbons (Fsp3) is 0. The van der Waals surface area contributed by atoms with E-state index in [0.717, 1.165) is 0 Å². The van der Waals surface area contributed by atoms with E-state index in [1.165, 1.54) is 64.6 Å². The average Bonchev–Trinajstić information content (AvgIpc) is 2.76. The van der Waals surface area contributed by atoms with Crippen molar-refractivity contribution in [2.75, 3.05) is 0 Å². The van der Waals surface area contributed by atoms with Gasteiger partial charge in [0.1, 0.15) is 0 Å². The third kappa shape index (κ3) is 1.70. The molecule has 0 aromatic heterocycles. The first-order chi connectivity index (χ1) is 13.9. The first kappa shape index (κ1) is 14.4. The molecule has 0 bridgehead atoms. The molecule has 0 aliphatic heterocycles. The molecule has 0 saturated heterocycles. The molecule has 0 aliphatic rings. The van der Waals surface area contributed by atoms with Gasteiger partial charge in [-0.15, -0.1) is 0 Å². The minimum Gasteiger partial charge on any atom is -0.0616 e. The summed E-state index contributed by atoms with van der Waals surface area (Å²) in [6.07, 6.45) is 0. The van der Waals surface area contributed by atoms with Crippen LogP contribution in [0.15, 0.2) is 97.1 Å². The molecule has 0 unspecified atom stereocenters. The van der Waals surface area contributed by atoms with Crippen molar-refractivity contribution in [2.24, 2.45) is 0 Å². The summed E-state index contributed by atoms with van der Waals surface area (Å²) in [6.45, 7) is 0. The summed E-state index contributed by atoms with van der Waals surface area (Å²) in [7, 11) is 0. The van der Waals surface area contributed by atoms with E-state index in [2.05, 4.69) is 97.1 Å². The number of rotatable bonds is 0. The summed E-state index contributed by atoms with van der Waals surface area (Å²) in [6, 6.07) is 35.9. The number of hydrogen-bond donors (Lipinski definition) is 0. The minimum absolute atomic E-state index is 1.30. The van der Waals surface area contributed by atoms with Gasteiger partial charge in [-0.25, -0.2) is 0 Å². The van der Waals surface area contributed by atoms with Crippen molar-refractivity contribution in [3.63, 3.8) is 0 Å². The second-order valence-electron chi connectivity index (χ2n) is 7.78. The average molecular weight is 352 g/mol. The van der Waals surface area contributed by atoms with Gasteiger partial charge in [-0.2, -0.15) is 0 Å². The van der Waals surface area contributed by atoms with Crippen LogP contribution >= 0.6 is 0 Å². The van der Waals surface area contributed by atoms with Gasteiger partial charge in [0.2, 0.25) is 0 Å². The van der Waals surface area contributed by atoms with Gasteiger partial charge < -0.3 is 0 Å². The smallest absolute Gasteiger partial charge is 0.00201 e. The predicted octanol–water partition coefficient (Wildman–Crippen LogP) is 8.04. The Bertz CT molecular complexity index is 1690. The van der Waals surface area contributed by atoms with Gasteiger partial charge >= 0.3 is 0 Å². The Hall–Kier alpha value is -3.64. The third-order valence-electron chi connectivity index (χ3n) is 6.35. The summed E-state index contributed by atoms with van der Waals surface area (Å²) in [5, 5.41) is 16.1. The summed E-state index contributed by atoms with van der Waals surface area (Å²) >= 11 is 0. The van der Waals surface area contributed by atoms with Gasteiger partial charge in [0.25, 0.3) is 0 Å². The Morgan fingerprint density at radius 1 is 0.286 bits per heavy atom. The van der Waals surface area contributed by atoms with Crippen molar-refractivity contribution >= 4 is 64.6 Å². The molecule has 0 nitrogen and oxygen atoms in total. The summed E-state index contributed by atoms with van der Waals surface area (Å²) in [5.41, 5.74) is 0. The van der Waals surface area contributed by atoms with Crippen LogP contribution in [0.1, 0.15) is 0 Å². The quantitative estimate of drug-likeness (QED) is 0.191. The molecule has 0 heterocycles. The van der Waals surface area contributed by atoms with Crippen LogP contribution in [0.25, 0.3) is 64.6 Å². The van der Waals surface area contributed by atoms with Crippen LogP contribution in [0, 0.1) is 0 Å². The van der Waals surface area contributed by atoms with E-state index in [1.54, 1.807) is 0 Å². The Balaban J connectivity index is 1.82. The van der Waals surface area contributed by atoms with Crippen LogP contribution in [0.4, 0.5) is 0 Å². The lowest BCUT2D eigenvalue weighted by Gasteiger charge is -2.15. The molecule has 0 N–H and O–H groups in total. The largest absolute Gasteiger partial charge is 0.0616 e. The van der Waals surface area contributed by atoms with Crippen molar-refractivity contribution < 1.29 is 0 Å². The van der Waals surface area contributed by atoms with E-state index < -0.39 is 0 Å². The van der Waals surface area contributed by atoms with Gasteiger partial charge in [-0.05, 0) is 70.7 Å². The molecule has 128 valence electrons. The fourth-order valence-electron chi connectivity index (χ4n) is 5.13. The van der Waals surface area contributed by atoms with Gasteiger partial charge in [0.05, 0.1) is 0 Å². The van der Waals surface area contributed by atoms with Gasteiger partial charge in [0.15, 0.2) is 0 Å². The molecule has 7 aromatic rings. The van der Waals surface area contributed by atoms with Gasteiger partial charge in [0, 0.05) is 0 Å². The minimum atomic E-state index is 1.30. The second kappa shape index (κ2) is 4.99. The Labute approximate surface area is 162 Å². The summed E-state index contributed by atoms with van der Waals surface area (Å²) in [4.78, 5) is 0. The molecule has 0 spiro atoms. The first-order valence-electron chi connectivity index (χ1n) is 9.79. The molecular formula is C28H16. The molecule has 0 amide bonds. The molecule has 0 saturated carbocycles. The predicted molar refractivity (Wildman–Crippen MR) is 123 cm³/mol. The Morgan fingerprint density at radius 3 is 1.82 bits per heavy atom. The van der Waals surface area contributed by atoms with E-state index in [1.807, 2.05) is 0 Å². The molecule has 0 aliphatic carbocycles. The molecule has 7 rings (SSSR count). The highest BCUT2D eigenvalue weighted by atomic mass is 14.2. The lowest BCUT2D eigenvalue weighted by molar-refractivity contribution is 1.79. The van der Waals surface area contributed by atoms with Crippen LogP contribution in [0.2, 0.25) is 0 Å². The summed E-state index contributed by atoms with van der Waals surface area (Å²) in [5.74, 6) is 0. The SMILES string of the molecule is c1ccc2c(c1)ccc1c2ccc2cc3ccc4cccc5ccc(c21)c3c45. The monoisotopic (exact) mass is 352 g/mol. The molecule has 28 heavy (non-hydrogen) atoms. The number of fused-ring (bicyclic) bond motifs is 6. The van der Waals surface area contributed by atoms with Crippen LogP contribution in [-0.4, -0.2) is 0 Å². The zero-order chi connectivity index (χ0) is 18.2. The third-order valence-corrected chi connectivity index (χ3v) is 6.35. The maximum Gasteiger partial charge on any atom is -0.00201 e. The van der Waals surface area contributed by atoms with Crippen LogP contribution in [0.3, 0.4) is 0 Å². The van der Waals surface area contributed by atoms with Crippen molar-refractivity contribution in [3.8, 4) is 0 Å². The molecule has 0 heteroatoms. The van der Waals surface area contributed by atoms with E-state index in [9.17, 15) is 0 Å². The van der Waals surface area contributed by atoms with Crippen molar-refractivity contribution in [2.45, 2.75) is 0 Å². The van der Waals surface area contributed by atoms with E-state index in [4.69, 9.17) is 0 Å². The van der Waals surface area contributed by atoms with E-state index >= 15 is 0 Å². The van der Waals surface area contributed by atoms with Crippen LogP contribution < -0.4 is 0 Å². The molecular weight excluding hydrogens is 336 g/mol. The zero-order valence-corrected chi connectivity index (χ0v) is 15.2. The van der Waals surface area contributed by atoms with Crippen molar-refractivity contribution in [1.82, 2.24) is 0 Å². The molecule has 7 aromatic carbocycles. The molecule has 0 atom stereocenters. The van der Waals surface area contributed by atoms with Crippen LogP contribution in [-0.2, 0) is 0 Å². The number of benzene rings is 7. The standard InChI is InChI=1S/C28H16/c1-2-7-22-17(4-1)10-14-24-23(22)13-12-20-16-21-9-8-18-5-3-6-19-11-15-25(27(20)24)28(21)26(18)19/h1-16H. The lowest BCUT2D eigenvalue weighted by atomic mass is 9.88. The van der Waals surface area contributed by atoms with Crippen molar-refractivity contribution in [1.29, 1.82) is 0 Å². The fourth-order valence-corrected chi connectivity index (χ4v) is 5.13. The highest BCUT2D eigenvalue weighted by Crippen LogP contribution is 2.41. The van der Waals surface area contributed by atoms with E-state index in [-0.39, 0.29) is 0 Å². The second-order valence-corrected chi connectivity index (χ2v) is 7.78. The Kier molecular flexibility index (Phi) is 2.57. The van der Waals surface area contributed by atoms with Crippen LogP contribution in [0.5, 0.6) is 0 Å². The Morgan fingerprint density at radius 2 is 0.893 bits per heavy atom. The molecule has 0 radical (unpaired) electrons. The maximum atomic E-state index is 2.36. The highest BCUT2D eigenvalue weighted by molar-refractivity contribution is 6.33. The number of hydrogen-bond acceptors (Lipinski definition) is 0. The lowest BCUT2D eigenvalue weighted by Crippen LogP contribution is -1.87. The topological polar surface area (TPSA) is 0 Å². The molecule has 0 fully saturated rings. The van der Waals surface area contributed by atoms with Crippen molar-refractivity contribution in [3.05, 3.63) is 97.1 Å². The highest BCUT2D eigenvalue weighted by Gasteiger charge is 2.13. The first-order valence-corrected chi connectivity index (χ1v) is 9.79.